The molecule has 4 unspecified atom stereocenters. The van der Waals surface area contributed by atoms with Gasteiger partial charge in [-0.3, -0.25) is 37.3 Å². The molecule has 0 radical (unpaired) electrons. The lowest BCUT2D eigenvalue weighted by atomic mass is 9.99. The molecule has 0 aliphatic heterocycles. The normalized spacial score (nSPS) is 15.1. The highest BCUT2D eigenvalue weighted by Crippen LogP contribution is 2.45. The van der Waals surface area contributed by atoms with Crippen molar-refractivity contribution in [3.63, 3.8) is 0 Å². The molecule has 3 N–H and O–H groups in total. The van der Waals surface area contributed by atoms with Crippen molar-refractivity contribution in [1.82, 2.24) is 0 Å². The molecule has 82 heavy (non-hydrogen) atoms. The Balaban J connectivity index is 5.26. The van der Waals surface area contributed by atoms with Crippen LogP contribution in [0.4, 0.5) is 0 Å². The lowest BCUT2D eigenvalue weighted by Gasteiger charge is -2.21. The molecule has 0 fully saturated rings. The third-order valence-corrected chi connectivity index (χ3v) is 16.9. The molecule has 0 saturated heterocycles. The molecule has 19 heteroatoms. The van der Waals surface area contributed by atoms with Crippen molar-refractivity contribution >= 4 is 39.5 Å². The fourth-order valence-corrected chi connectivity index (χ4v) is 10.8. The highest BCUT2D eigenvalue weighted by Gasteiger charge is 2.30. The molecule has 0 saturated carbocycles. The van der Waals surface area contributed by atoms with Gasteiger partial charge in [-0.1, -0.05) is 248 Å². The fraction of sp³-hybridized carbons (Fsp3) is 0.937. The summed E-state index contributed by atoms with van der Waals surface area (Å²) in [4.78, 5) is 72.1. The number of rotatable bonds is 60. The van der Waals surface area contributed by atoms with Crippen molar-refractivity contribution in [3.05, 3.63) is 0 Å². The summed E-state index contributed by atoms with van der Waals surface area (Å²) in [6, 6.07) is 0. The zero-order valence-corrected chi connectivity index (χ0v) is 54.9. The van der Waals surface area contributed by atoms with Crippen LogP contribution in [-0.2, 0) is 65.4 Å². The molecule has 0 aliphatic rings. The predicted octanol–water partition coefficient (Wildman–Crippen LogP) is 17.0. The van der Waals surface area contributed by atoms with Gasteiger partial charge in [-0.05, 0) is 49.4 Å². The number of hydrogen-bond acceptors (Lipinski definition) is 15. The quantitative estimate of drug-likeness (QED) is 0.0222. The van der Waals surface area contributed by atoms with Gasteiger partial charge in [-0.2, -0.15) is 0 Å². The summed E-state index contributed by atoms with van der Waals surface area (Å²) in [6.07, 6.45) is 32.2. The van der Waals surface area contributed by atoms with E-state index < -0.39 is 97.5 Å². The SMILES string of the molecule is CCC(C)CCCCCCCCCCC(=O)O[C@H](COC(=O)CCCCCCCCC(C)C)COP(=O)(O)OC[C@H](O)COP(=O)(O)OC[C@@H](COC(=O)CCCCCCCCC(C)CC)OC(=O)CCCCCCCCCCC(C)C. The van der Waals surface area contributed by atoms with Gasteiger partial charge in [0.15, 0.2) is 12.2 Å². The van der Waals surface area contributed by atoms with Crippen LogP contribution in [0.15, 0.2) is 0 Å². The number of unbranched alkanes of at least 4 members (excludes halogenated alkanes) is 24. The van der Waals surface area contributed by atoms with E-state index in [9.17, 15) is 43.2 Å². The molecule has 0 spiro atoms. The predicted molar refractivity (Wildman–Crippen MR) is 326 cm³/mol. The Bertz CT molecular complexity index is 1650. The van der Waals surface area contributed by atoms with Crippen LogP contribution in [-0.4, -0.2) is 96.7 Å². The second-order valence-electron chi connectivity index (χ2n) is 24.2. The van der Waals surface area contributed by atoms with Crippen LogP contribution in [0.1, 0.15) is 299 Å². The molecule has 7 atom stereocenters. The number of phosphoric ester groups is 2. The number of carbonyl (C=O) groups is 4. The van der Waals surface area contributed by atoms with E-state index in [2.05, 4.69) is 55.4 Å². The van der Waals surface area contributed by atoms with Gasteiger partial charge in [0.25, 0.3) is 0 Å². The lowest BCUT2D eigenvalue weighted by molar-refractivity contribution is -0.161. The second-order valence-corrected chi connectivity index (χ2v) is 27.1. The minimum Gasteiger partial charge on any atom is -0.462 e. The van der Waals surface area contributed by atoms with Crippen LogP contribution in [0.3, 0.4) is 0 Å². The molecular weight excluding hydrogens is 1090 g/mol. The Morgan fingerprint density at radius 1 is 0.341 bits per heavy atom. The summed E-state index contributed by atoms with van der Waals surface area (Å²) in [6.45, 7) is 13.9. The van der Waals surface area contributed by atoms with Crippen molar-refractivity contribution in [2.75, 3.05) is 39.6 Å². The molecule has 0 heterocycles. The number of ether oxygens (including phenoxy) is 4. The Morgan fingerprint density at radius 2 is 0.585 bits per heavy atom. The molecular formula is C63H122O17P2. The van der Waals surface area contributed by atoms with E-state index in [1.165, 1.54) is 89.9 Å². The summed E-state index contributed by atoms with van der Waals surface area (Å²) < 4.78 is 67.9. The van der Waals surface area contributed by atoms with E-state index in [0.717, 1.165) is 120 Å². The summed E-state index contributed by atoms with van der Waals surface area (Å²) >= 11 is 0. The molecule has 0 rings (SSSR count). The number of phosphoric acid groups is 2. The van der Waals surface area contributed by atoms with Gasteiger partial charge in [-0.15, -0.1) is 0 Å². The molecule has 0 bridgehead atoms. The molecule has 486 valence electrons. The van der Waals surface area contributed by atoms with Crippen molar-refractivity contribution in [3.8, 4) is 0 Å². The summed E-state index contributed by atoms with van der Waals surface area (Å²) in [5.74, 6) is 0.753. The van der Waals surface area contributed by atoms with Crippen molar-refractivity contribution in [1.29, 1.82) is 0 Å². The molecule has 17 nitrogen and oxygen atoms in total. The van der Waals surface area contributed by atoms with Crippen LogP contribution in [0.5, 0.6) is 0 Å². The Hall–Kier alpha value is -1.94. The maximum absolute atomic E-state index is 13.0. The van der Waals surface area contributed by atoms with Crippen LogP contribution >= 0.6 is 15.6 Å². The second kappa shape index (κ2) is 53.3. The van der Waals surface area contributed by atoms with Gasteiger partial charge >= 0.3 is 39.5 Å². The minimum absolute atomic E-state index is 0.103. The van der Waals surface area contributed by atoms with Gasteiger partial charge in [0.2, 0.25) is 0 Å². The average Bonchev–Trinajstić information content (AvgIpc) is 3.45. The molecule has 0 aromatic heterocycles. The zero-order chi connectivity index (χ0) is 61.1. The highest BCUT2D eigenvalue weighted by molar-refractivity contribution is 7.47. The fourth-order valence-electron chi connectivity index (χ4n) is 9.19. The van der Waals surface area contributed by atoms with E-state index >= 15 is 0 Å². The van der Waals surface area contributed by atoms with E-state index in [1.54, 1.807) is 0 Å². The van der Waals surface area contributed by atoms with Crippen molar-refractivity contribution < 1.29 is 80.2 Å². The van der Waals surface area contributed by atoms with Crippen LogP contribution in [0, 0.1) is 23.7 Å². The third kappa shape index (κ3) is 54.7. The van der Waals surface area contributed by atoms with Gasteiger partial charge in [0.05, 0.1) is 26.4 Å². The summed E-state index contributed by atoms with van der Waals surface area (Å²) in [5, 5.41) is 10.5. The molecule has 0 aliphatic carbocycles. The van der Waals surface area contributed by atoms with Gasteiger partial charge < -0.3 is 33.8 Å². The first kappa shape index (κ1) is 80.1. The number of carbonyl (C=O) groups excluding carboxylic acids is 4. The lowest BCUT2D eigenvalue weighted by Crippen LogP contribution is -2.30. The Morgan fingerprint density at radius 3 is 0.866 bits per heavy atom. The van der Waals surface area contributed by atoms with E-state index in [0.29, 0.717) is 31.6 Å². The number of hydrogen-bond donors (Lipinski definition) is 3. The standard InChI is InChI=1S/C63H122O17P2/c1-9-55(7)41-33-25-16-12-14-18-30-38-46-63(68)80-58(49-73-60(65)43-35-27-21-19-24-32-40-54(5)6)51-77-81(69,70)75-47-57(64)48-76-82(71,72)78-52-59(50-74-61(66)44-36-28-22-20-26-34-42-56(8)10-2)79-62(67)45-37-29-17-13-11-15-23-31-39-53(3)4/h53-59,64H,9-52H2,1-8H3,(H,69,70)(H,71,72)/t55?,56?,57-,58+,59+/m0/s1. The monoisotopic (exact) mass is 1210 g/mol. The summed E-state index contributed by atoms with van der Waals surface area (Å²) in [7, 11) is -9.89. The van der Waals surface area contributed by atoms with E-state index in [4.69, 9.17) is 37.0 Å². The number of aliphatic hydroxyl groups is 1. The van der Waals surface area contributed by atoms with Crippen LogP contribution in [0.2, 0.25) is 0 Å². The number of aliphatic hydroxyl groups excluding tert-OH is 1. The van der Waals surface area contributed by atoms with Gasteiger partial charge in [-0.25, -0.2) is 9.13 Å². The summed E-state index contributed by atoms with van der Waals surface area (Å²) in [5.41, 5.74) is 0. The van der Waals surface area contributed by atoms with Gasteiger partial charge in [0, 0.05) is 25.7 Å². The highest BCUT2D eigenvalue weighted by atomic mass is 31.2. The maximum atomic E-state index is 13.0. The van der Waals surface area contributed by atoms with Crippen molar-refractivity contribution in [2.45, 2.75) is 318 Å². The topological polar surface area (TPSA) is 237 Å². The first-order chi connectivity index (χ1) is 39.2. The Labute approximate surface area is 498 Å². The van der Waals surface area contributed by atoms with Crippen LogP contribution < -0.4 is 0 Å². The number of esters is 4. The Kier molecular flexibility index (Phi) is 52.0. The largest absolute Gasteiger partial charge is 0.472 e. The third-order valence-electron chi connectivity index (χ3n) is 15.0. The average molecular weight is 1210 g/mol. The van der Waals surface area contributed by atoms with Gasteiger partial charge in [0.1, 0.15) is 19.3 Å². The first-order valence-corrected chi connectivity index (χ1v) is 35.8. The van der Waals surface area contributed by atoms with E-state index in [1.807, 2.05) is 0 Å². The molecule has 0 amide bonds. The van der Waals surface area contributed by atoms with Crippen molar-refractivity contribution in [2.24, 2.45) is 23.7 Å². The molecule has 0 aromatic rings. The molecule has 0 aromatic carbocycles. The maximum Gasteiger partial charge on any atom is 0.472 e. The minimum atomic E-state index is -4.94. The first-order valence-electron chi connectivity index (χ1n) is 32.8. The van der Waals surface area contributed by atoms with E-state index in [-0.39, 0.29) is 25.7 Å². The van der Waals surface area contributed by atoms with Crippen LogP contribution in [0.25, 0.3) is 0 Å². The zero-order valence-electron chi connectivity index (χ0n) is 53.1. The smallest absolute Gasteiger partial charge is 0.462 e.